The summed E-state index contributed by atoms with van der Waals surface area (Å²) in [4.78, 5) is 40.8. The van der Waals surface area contributed by atoms with Crippen molar-refractivity contribution in [2.24, 2.45) is 5.92 Å². The molecule has 1 aliphatic rings. The fourth-order valence-corrected chi connectivity index (χ4v) is 3.29. The van der Waals surface area contributed by atoms with Crippen LogP contribution in [0.25, 0.3) is 0 Å². The Balaban J connectivity index is 1.59. The maximum Gasteiger partial charge on any atom is 0.269 e. The number of benzene rings is 2. The lowest BCUT2D eigenvalue weighted by Gasteiger charge is -2.18. The second kappa shape index (κ2) is 8.77. The van der Waals surface area contributed by atoms with Crippen molar-refractivity contribution < 1.29 is 14.4 Å². The molecule has 0 radical (unpaired) electrons. The second-order valence-electron chi connectivity index (χ2n) is 7.32. The molecule has 29 heavy (non-hydrogen) atoms. The van der Waals surface area contributed by atoms with Gasteiger partial charge in [0.1, 0.15) is 0 Å². The number of rotatable bonds is 5. The average Bonchev–Trinajstić information content (AvgIpc) is 3.13. The van der Waals surface area contributed by atoms with Crippen molar-refractivity contribution in [3.05, 3.63) is 59.7 Å². The highest BCUT2D eigenvalue weighted by Crippen LogP contribution is 2.26. The van der Waals surface area contributed by atoms with E-state index in [0.717, 1.165) is 23.4 Å². The Kier molecular flexibility index (Phi) is 6.16. The lowest BCUT2D eigenvalue weighted by Crippen LogP contribution is -2.45. The van der Waals surface area contributed by atoms with Crippen LogP contribution in [0.3, 0.4) is 0 Å². The zero-order valence-corrected chi connectivity index (χ0v) is 16.9. The van der Waals surface area contributed by atoms with Crippen LogP contribution in [0.4, 0.5) is 11.4 Å². The summed E-state index contributed by atoms with van der Waals surface area (Å²) >= 11 is 0. The first-order valence-electron chi connectivity index (χ1n) is 9.66. The van der Waals surface area contributed by atoms with Crippen molar-refractivity contribution in [3.8, 4) is 0 Å². The van der Waals surface area contributed by atoms with Crippen LogP contribution >= 0.6 is 0 Å². The molecule has 1 saturated heterocycles. The van der Waals surface area contributed by atoms with E-state index in [4.69, 9.17) is 0 Å². The Morgan fingerprint density at radius 3 is 2.59 bits per heavy atom. The van der Waals surface area contributed by atoms with E-state index in [9.17, 15) is 14.4 Å². The zero-order chi connectivity index (χ0) is 21.0. The van der Waals surface area contributed by atoms with Gasteiger partial charge in [0.15, 0.2) is 0 Å². The lowest BCUT2D eigenvalue weighted by molar-refractivity contribution is -0.126. The minimum absolute atomic E-state index is 0.0941. The number of hydrazine groups is 1. The number of carbonyl (C=O) groups excluding carboxylic acids is 3. The first kappa shape index (κ1) is 20.4. The molecular formula is C22H26N4O3. The van der Waals surface area contributed by atoms with Gasteiger partial charge in [-0.15, -0.1) is 0 Å². The molecule has 7 heteroatoms. The molecule has 152 valence electrons. The van der Waals surface area contributed by atoms with Crippen LogP contribution < -0.4 is 20.7 Å². The smallest absolute Gasteiger partial charge is 0.269 e. The molecule has 0 unspecified atom stereocenters. The van der Waals surface area contributed by atoms with Crippen molar-refractivity contribution in [3.63, 3.8) is 0 Å². The quantitative estimate of drug-likeness (QED) is 0.762. The number of amides is 3. The number of anilines is 2. The first-order chi connectivity index (χ1) is 13.9. The van der Waals surface area contributed by atoms with Crippen molar-refractivity contribution in [2.45, 2.75) is 19.8 Å². The summed E-state index contributed by atoms with van der Waals surface area (Å²) in [6, 6.07) is 14.9. The van der Waals surface area contributed by atoms with Gasteiger partial charge in [0.2, 0.25) is 11.8 Å². The summed E-state index contributed by atoms with van der Waals surface area (Å²) in [5, 5.41) is 0. The van der Waals surface area contributed by atoms with Crippen molar-refractivity contribution in [1.82, 2.24) is 10.9 Å². The summed E-state index contributed by atoms with van der Waals surface area (Å²) in [5.41, 5.74) is 8.16. The van der Waals surface area contributed by atoms with Crippen LogP contribution in [0.1, 0.15) is 29.3 Å². The summed E-state index contributed by atoms with van der Waals surface area (Å²) < 4.78 is 0. The summed E-state index contributed by atoms with van der Waals surface area (Å²) in [6.07, 6.45) is 0.995. The van der Waals surface area contributed by atoms with E-state index in [2.05, 4.69) is 17.8 Å². The monoisotopic (exact) mass is 394 g/mol. The lowest BCUT2D eigenvalue weighted by atomic mass is 10.1. The van der Waals surface area contributed by atoms with Crippen molar-refractivity contribution >= 4 is 29.1 Å². The van der Waals surface area contributed by atoms with E-state index in [1.165, 1.54) is 0 Å². The Morgan fingerprint density at radius 2 is 1.86 bits per heavy atom. The second-order valence-corrected chi connectivity index (χ2v) is 7.32. The van der Waals surface area contributed by atoms with Crippen LogP contribution in [-0.4, -0.2) is 38.4 Å². The van der Waals surface area contributed by atoms with E-state index in [-0.39, 0.29) is 18.2 Å². The molecule has 0 saturated carbocycles. The molecular weight excluding hydrogens is 368 g/mol. The summed E-state index contributed by atoms with van der Waals surface area (Å²) in [6.45, 7) is 2.35. The highest BCUT2D eigenvalue weighted by molar-refractivity contribution is 6.01. The Morgan fingerprint density at radius 1 is 1.10 bits per heavy atom. The van der Waals surface area contributed by atoms with Gasteiger partial charge in [-0.3, -0.25) is 25.2 Å². The van der Waals surface area contributed by atoms with Crippen LogP contribution in [0.15, 0.2) is 48.5 Å². The van der Waals surface area contributed by atoms with E-state index in [1.54, 1.807) is 23.1 Å². The molecule has 0 aromatic heterocycles. The number of nitrogens with zero attached hydrogens (tertiary/aromatic N) is 2. The highest BCUT2D eigenvalue weighted by atomic mass is 16.2. The van der Waals surface area contributed by atoms with Gasteiger partial charge in [-0.25, -0.2) is 0 Å². The average molecular weight is 394 g/mol. The van der Waals surface area contributed by atoms with Gasteiger partial charge in [0, 0.05) is 44.0 Å². The molecule has 1 atom stereocenters. The van der Waals surface area contributed by atoms with Crippen LogP contribution in [0.2, 0.25) is 0 Å². The van der Waals surface area contributed by atoms with E-state index in [0.29, 0.717) is 12.1 Å². The number of hydrogen-bond acceptors (Lipinski definition) is 4. The molecule has 1 aliphatic heterocycles. The van der Waals surface area contributed by atoms with Gasteiger partial charge in [-0.2, -0.15) is 0 Å². The Labute approximate surface area is 170 Å². The summed E-state index contributed by atoms with van der Waals surface area (Å²) in [5.74, 6) is -1.38. The van der Waals surface area contributed by atoms with Gasteiger partial charge < -0.3 is 9.80 Å². The first-order valence-corrected chi connectivity index (χ1v) is 9.66. The molecule has 3 rings (SSSR count). The molecule has 1 fully saturated rings. The standard InChI is InChI=1S/C22H26N4O3/c1-4-15-7-5-10-19(11-15)26-14-17(13-20(26)27)22(29)24-23-21(28)16-8-6-9-18(12-16)25(2)3/h5-12,17H,4,13-14H2,1-3H3,(H,23,28)(H,24,29)/t17-/m0/s1. The Hall–Kier alpha value is -3.35. The number of hydrogen-bond donors (Lipinski definition) is 2. The van der Waals surface area contributed by atoms with Crippen molar-refractivity contribution in [2.75, 3.05) is 30.4 Å². The molecule has 0 bridgehead atoms. The third-order valence-corrected chi connectivity index (χ3v) is 5.05. The molecule has 2 aromatic carbocycles. The zero-order valence-electron chi connectivity index (χ0n) is 16.9. The SMILES string of the molecule is CCc1cccc(N2C[C@@H](C(=O)NNC(=O)c3cccc(N(C)C)c3)CC2=O)c1. The molecule has 0 spiro atoms. The molecule has 1 heterocycles. The normalized spacial score (nSPS) is 15.9. The molecule has 7 nitrogen and oxygen atoms in total. The van der Waals surface area contributed by atoms with Gasteiger partial charge in [-0.1, -0.05) is 25.1 Å². The van der Waals surface area contributed by atoms with Gasteiger partial charge in [0.05, 0.1) is 5.92 Å². The molecule has 0 aliphatic carbocycles. The van der Waals surface area contributed by atoms with E-state index >= 15 is 0 Å². The largest absolute Gasteiger partial charge is 0.378 e. The van der Waals surface area contributed by atoms with Crippen LogP contribution in [0, 0.1) is 5.92 Å². The van der Waals surface area contributed by atoms with Gasteiger partial charge in [-0.05, 0) is 42.3 Å². The minimum atomic E-state index is -0.513. The molecule has 3 amide bonds. The number of nitrogens with one attached hydrogen (secondary N) is 2. The number of carbonyl (C=O) groups is 3. The predicted octanol–water partition coefficient (Wildman–Crippen LogP) is 2.13. The topological polar surface area (TPSA) is 81.8 Å². The molecule has 2 N–H and O–H groups in total. The highest BCUT2D eigenvalue weighted by Gasteiger charge is 2.35. The fourth-order valence-electron chi connectivity index (χ4n) is 3.29. The predicted molar refractivity (Wildman–Crippen MR) is 113 cm³/mol. The van der Waals surface area contributed by atoms with Crippen LogP contribution in [-0.2, 0) is 16.0 Å². The van der Waals surface area contributed by atoms with E-state index < -0.39 is 11.8 Å². The fraction of sp³-hybridized carbons (Fsp3) is 0.318. The van der Waals surface area contributed by atoms with Gasteiger partial charge >= 0.3 is 0 Å². The molecule has 2 aromatic rings. The van der Waals surface area contributed by atoms with Crippen molar-refractivity contribution in [1.29, 1.82) is 0 Å². The minimum Gasteiger partial charge on any atom is -0.378 e. The third-order valence-electron chi connectivity index (χ3n) is 5.05. The third kappa shape index (κ3) is 4.74. The van der Waals surface area contributed by atoms with E-state index in [1.807, 2.05) is 49.3 Å². The maximum absolute atomic E-state index is 12.5. The number of aryl methyl sites for hydroxylation is 1. The Bertz CT molecular complexity index is 926. The summed E-state index contributed by atoms with van der Waals surface area (Å²) in [7, 11) is 3.77. The van der Waals surface area contributed by atoms with Gasteiger partial charge in [0.25, 0.3) is 5.91 Å². The van der Waals surface area contributed by atoms with Crippen LogP contribution in [0.5, 0.6) is 0 Å². The maximum atomic E-state index is 12.5.